The van der Waals surface area contributed by atoms with E-state index in [4.69, 9.17) is 9.47 Å². The lowest BCUT2D eigenvalue weighted by Gasteiger charge is -2.11. The second kappa shape index (κ2) is 10.8. The van der Waals surface area contributed by atoms with Gasteiger partial charge in [-0.25, -0.2) is 0 Å². The van der Waals surface area contributed by atoms with Gasteiger partial charge in [0.15, 0.2) is 11.5 Å². The first kappa shape index (κ1) is 22.7. The highest BCUT2D eigenvalue weighted by Gasteiger charge is 2.16. The van der Waals surface area contributed by atoms with Crippen LogP contribution in [0.3, 0.4) is 0 Å². The average molecular weight is 415 g/mol. The number of nitrogens with zero attached hydrogens (tertiary/aromatic N) is 2. The lowest BCUT2D eigenvalue weighted by molar-refractivity contribution is -0.385. The molecule has 0 unspecified atom stereocenters. The molecule has 0 saturated heterocycles. The van der Waals surface area contributed by atoms with E-state index in [0.717, 1.165) is 18.9 Å². The first-order chi connectivity index (χ1) is 14.4. The number of nitro groups is 1. The average Bonchev–Trinajstić information content (AvgIpc) is 2.73. The number of hydrogen-bond acceptors (Lipinski definition) is 7. The fraction of sp³-hybridized carbons (Fsp3) is 0.333. The summed E-state index contributed by atoms with van der Waals surface area (Å²) in [6.07, 6.45) is 3.45. The van der Waals surface area contributed by atoms with Crippen molar-refractivity contribution in [2.24, 2.45) is 4.99 Å². The second-order valence-electron chi connectivity index (χ2n) is 6.37. The molecule has 0 aliphatic rings. The Morgan fingerprint density at radius 2 is 2.03 bits per heavy atom. The van der Waals surface area contributed by atoms with Crippen LogP contribution < -0.4 is 14.8 Å². The summed E-state index contributed by atoms with van der Waals surface area (Å²) in [6.45, 7) is 3.96. The van der Waals surface area contributed by atoms with Crippen LogP contribution in [0, 0.1) is 10.1 Å². The summed E-state index contributed by atoms with van der Waals surface area (Å²) in [6, 6.07) is 7.31. The van der Waals surface area contributed by atoms with Gasteiger partial charge >= 0.3 is 0 Å². The van der Waals surface area contributed by atoms with Gasteiger partial charge < -0.3 is 19.9 Å². The quantitative estimate of drug-likeness (QED) is 0.332. The molecule has 0 aromatic heterocycles. The largest absolute Gasteiger partial charge is 0.504 e. The van der Waals surface area contributed by atoms with Gasteiger partial charge in [-0.05, 0) is 25.5 Å². The van der Waals surface area contributed by atoms with Crippen molar-refractivity contribution in [2.75, 3.05) is 19.0 Å². The van der Waals surface area contributed by atoms with Crippen molar-refractivity contribution in [1.82, 2.24) is 0 Å². The van der Waals surface area contributed by atoms with E-state index in [1.54, 1.807) is 25.1 Å². The topological polar surface area (TPSA) is 123 Å². The third-order valence-corrected chi connectivity index (χ3v) is 4.17. The normalized spacial score (nSPS) is 10.8. The highest BCUT2D eigenvalue weighted by molar-refractivity contribution is 5.93. The molecule has 0 aliphatic heterocycles. The molecule has 2 rings (SSSR count). The Kier molecular flexibility index (Phi) is 8.16. The maximum Gasteiger partial charge on any atom is 0.274 e. The minimum atomic E-state index is -0.571. The molecule has 0 aliphatic carbocycles. The molecule has 2 N–H and O–H groups in total. The van der Waals surface area contributed by atoms with Gasteiger partial charge in [0.05, 0.1) is 36.1 Å². The van der Waals surface area contributed by atoms with Gasteiger partial charge in [0, 0.05) is 30.3 Å². The third kappa shape index (κ3) is 5.94. The lowest BCUT2D eigenvalue weighted by Crippen LogP contribution is -2.11. The molecule has 0 radical (unpaired) electrons. The molecule has 2 aromatic carbocycles. The van der Waals surface area contributed by atoms with Gasteiger partial charge in [0.1, 0.15) is 5.75 Å². The Balaban J connectivity index is 2.29. The van der Waals surface area contributed by atoms with E-state index in [0.29, 0.717) is 23.5 Å². The van der Waals surface area contributed by atoms with E-state index in [-0.39, 0.29) is 35.3 Å². The number of benzene rings is 2. The first-order valence-corrected chi connectivity index (χ1v) is 9.55. The third-order valence-electron chi connectivity index (χ3n) is 4.17. The Bertz CT molecular complexity index is 943. The zero-order chi connectivity index (χ0) is 22.1. The van der Waals surface area contributed by atoms with Crippen LogP contribution in [0.25, 0.3) is 0 Å². The van der Waals surface area contributed by atoms with Crippen molar-refractivity contribution >= 4 is 29.2 Å². The number of methoxy groups -OCH3 is 1. The number of non-ortho nitro benzene ring substituents is 1. The number of rotatable bonds is 10. The van der Waals surface area contributed by atoms with E-state index in [1.807, 2.05) is 6.92 Å². The summed E-state index contributed by atoms with van der Waals surface area (Å²) in [5, 5.41) is 24.3. The number of carbonyl (C=O) groups is 1. The number of aromatic hydroxyl groups is 1. The Hall–Kier alpha value is -3.62. The van der Waals surface area contributed by atoms with Crippen molar-refractivity contribution in [3.63, 3.8) is 0 Å². The van der Waals surface area contributed by atoms with Gasteiger partial charge in [-0.15, -0.1) is 0 Å². The number of nitrogens with one attached hydrogen (secondary N) is 1. The molecule has 30 heavy (non-hydrogen) atoms. The van der Waals surface area contributed by atoms with Gasteiger partial charge in [-0.3, -0.25) is 19.9 Å². The summed E-state index contributed by atoms with van der Waals surface area (Å²) in [5.74, 6) is 0.0954. The fourth-order valence-electron chi connectivity index (χ4n) is 2.64. The van der Waals surface area contributed by atoms with Crippen LogP contribution in [0.5, 0.6) is 17.2 Å². The van der Waals surface area contributed by atoms with E-state index in [2.05, 4.69) is 10.3 Å². The van der Waals surface area contributed by atoms with Crippen LogP contribution in [0.1, 0.15) is 38.7 Å². The number of phenols is 1. The smallest absolute Gasteiger partial charge is 0.274 e. The maximum atomic E-state index is 12.0. The molecule has 160 valence electrons. The van der Waals surface area contributed by atoms with Gasteiger partial charge in [0.2, 0.25) is 5.91 Å². The summed E-state index contributed by atoms with van der Waals surface area (Å²) >= 11 is 0. The van der Waals surface area contributed by atoms with Crippen molar-refractivity contribution in [2.45, 2.75) is 33.1 Å². The Morgan fingerprint density at radius 1 is 1.27 bits per heavy atom. The molecule has 9 nitrogen and oxygen atoms in total. The van der Waals surface area contributed by atoms with Crippen molar-refractivity contribution in [3.05, 3.63) is 46.0 Å². The Labute approximate surface area is 174 Å². The molecule has 0 atom stereocenters. The van der Waals surface area contributed by atoms with Crippen LogP contribution in [0.4, 0.5) is 17.1 Å². The minimum absolute atomic E-state index is 0.0101. The number of nitro benzene ring substituents is 1. The van der Waals surface area contributed by atoms with Crippen molar-refractivity contribution in [3.8, 4) is 17.2 Å². The molecule has 0 bridgehead atoms. The molecule has 1 amide bonds. The number of amides is 1. The minimum Gasteiger partial charge on any atom is -0.504 e. The SMILES string of the molecule is CCCCC(=O)Nc1ccc(N=Cc2cc([N+](=O)[O-])cc(OCC)c2O)cc1OC. The first-order valence-electron chi connectivity index (χ1n) is 9.55. The predicted octanol–water partition coefficient (Wildman–Crippen LogP) is 4.59. The monoisotopic (exact) mass is 415 g/mol. The number of anilines is 1. The molecule has 0 spiro atoms. The summed E-state index contributed by atoms with van der Waals surface area (Å²) in [4.78, 5) is 26.8. The highest BCUT2D eigenvalue weighted by Crippen LogP contribution is 2.35. The zero-order valence-corrected chi connectivity index (χ0v) is 17.2. The van der Waals surface area contributed by atoms with Crippen LogP contribution in [0.15, 0.2) is 35.3 Å². The van der Waals surface area contributed by atoms with Crippen LogP contribution in [-0.2, 0) is 4.79 Å². The Morgan fingerprint density at radius 3 is 2.67 bits per heavy atom. The van der Waals surface area contributed by atoms with Gasteiger partial charge in [-0.1, -0.05) is 13.3 Å². The number of aliphatic imine (C=N–C) groups is 1. The number of hydrogen-bond donors (Lipinski definition) is 2. The van der Waals surface area contributed by atoms with Crippen LogP contribution in [-0.4, -0.2) is 35.9 Å². The zero-order valence-electron chi connectivity index (χ0n) is 17.2. The van der Waals surface area contributed by atoms with E-state index in [9.17, 15) is 20.0 Å². The van der Waals surface area contributed by atoms with E-state index in [1.165, 1.54) is 19.4 Å². The molecule has 2 aromatic rings. The summed E-state index contributed by atoms with van der Waals surface area (Å²) in [7, 11) is 1.48. The van der Waals surface area contributed by atoms with E-state index >= 15 is 0 Å². The molecular formula is C21H25N3O6. The summed E-state index contributed by atoms with van der Waals surface area (Å²) in [5.41, 5.74) is 0.917. The maximum absolute atomic E-state index is 12.0. The second-order valence-corrected chi connectivity index (χ2v) is 6.37. The molecular weight excluding hydrogens is 390 g/mol. The predicted molar refractivity (Wildman–Crippen MR) is 114 cm³/mol. The molecule has 0 saturated carbocycles. The summed E-state index contributed by atoms with van der Waals surface area (Å²) < 4.78 is 10.6. The number of unbranched alkanes of at least 4 members (excludes halogenated alkanes) is 1. The van der Waals surface area contributed by atoms with E-state index < -0.39 is 4.92 Å². The molecule has 0 heterocycles. The highest BCUT2D eigenvalue weighted by atomic mass is 16.6. The van der Waals surface area contributed by atoms with Crippen molar-refractivity contribution < 1.29 is 24.3 Å². The van der Waals surface area contributed by atoms with Crippen molar-refractivity contribution in [1.29, 1.82) is 0 Å². The fourth-order valence-corrected chi connectivity index (χ4v) is 2.64. The number of carbonyl (C=O) groups excluding carboxylic acids is 1. The molecule has 0 fully saturated rings. The van der Waals surface area contributed by atoms with Gasteiger partial charge in [-0.2, -0.15) is 0 Å². The standard InChI is InChI=1S/C21H25N3O6/c1-4-6-7-20(25)23-17-9-8-15(11-18(17)29-3)22-13-14-10-16(24(27)28)12-19(21(14)26)30-5-2/h8-13,26H,4-7H2,1-3H3,(H,23,25). The lowest BCUT2D eigenvalue weighted by atomic mass is 10.1. The molecule has 9 heteroatoms. The van der Waals surface area contributed by atoms with Gasteiger partial charge in [0.25, 0.3) is 5.69 Å². The number of ether oxygens (including phenoxy) is 2. The van der Waals surface area contributed by atoms with Crippen LogP contribution in [0.2, 0.25) is 0 Å². The van der Waals surface area contributed by atoms with Crippen LogP contribution >= 0.6 is 0 Å². The number of phenolic OH excluding ortho intramolecular Hbond substituents is 1.